The molecular formula is C12H18ClN3O2S. The van der Waals surface area contributed by atoms with E-state index in [1.165, 1.54) is 12.6 Å². The fourth-order valence-electron chi connectivity index (χ4n) is 1.81. The standard InChI is InChI=1S/C12H18ClN3O2S/c13-11-4-5-12(15-9-11)14-6-7-19(17,18)16-8-10-2-1-3-10/h4-5,9-10,16H,1-3,6-8H2,(H,14,15). The predicted octanol–water partition coefficient (Wildman–Crippen LogP) is 1.87. The number of nitrogens with zero attached hydrogens (tertiary/aromatic N) is 1. The van der Waals surface area contributed by atoms with Crippen molar-refractivity contribution in [3.8, 4) is 0 Å². The van der Waals surface area contributed by atoms with Crippen molar-refractivity contribution in [3.63, 3.8) is 0 Å². The molecule has 1 aromatic rings. The summed E-state index contributed by atoms with van der Waals surface area (Å²) >= 11 is 5.71. The second-order valence-corrected chi connectivity index (χ2v) is 7.12. The zero-order valence-electron chi connectivity index (χ0n) is 10.6. The molecule has 7 heteroatoms. The van der Waals surface area contributed by atoms with Crippen molar-refractivity contribution in [2.45, 2.75) is 19.3 Å². The van der Waals surface area contributed by atoms with E-state index in [0.29, 0.717) is 29.8 Å². The number of nitrogens with one attached hydrogen (secondary N) is 2. The molecule has 1 heterocycles. The molecule has 106 valence electrons. The van der Waals surface area contributed by atoms with E-state index >= 15 is 0 Å². The van der Waals surface area contributed by atoms with E-state index in [4.69, 9.17) is 11.6 Å². The van der Waals surface area contributed by atoms with Gasteiger partial charge in [-0.2, -0.15) is 0 Å². The van der Waals surface area contributed by atoms with Gasteiger partial charge in [-0.05, 0) is 30.9 Å². The van der Waals surface area contributed by atoms with Gasteiger partial charge >= 0.3 is 0 Å². The summed E-state index contributed by atoms with van der Waals surface area (Å²) in [4.78, 5) is 4.04. The number of aromatic nitrogens is 1. The van der Waals surface area contributed by atoms with Crippen molar-refractivity contribution in [1.82, 2.24) is 9.71 Å². The average molecular weight is 304 g/mol. The highest BCUT2D eigenvalue weighted by atomic mass is 35.5. The topological polar surface area (TPSA) is 71.1 Å². The second-order valence-electron chi connectivity index (χ2n) is 4.75. The smallest absolute Gasteiger partial charge is 0.213 e. The lowest BCUT2D eigenvalue weighted by atomic mass is 9.86. The van der Waals surface area contributed by atoms with Gasteiger partial charge in [0.15, 0.2) is 0 Å². The number of anilines is 1. The van der Waals surface area contributed by atoms with Gasteiger partial charge in [0.1, 0.15) is 5.82 Å². The van der Waals surface area contributed by atoms with Gasteiger partial charge in [-0.1, -0.05) is 18.0 Å². The van der Waals surface area contributed by atoms with Crippen molar-refractivity contribution >= 4 is 27.4 Å². The Bertz CT molecular complexity index is 500. The summed E-state index contributed by atoms with van der Waals surface area (Å²) in [5.41, 5.74) is 0. The molecule has 1 aliphatic carbocycles. The van der Waals surface area contributed by atoms with Crippen LogP contribution in [0.2, 0.25) is 5.02 Å². The zero-order chi connectivity index (χ0) is 13.7. The van der Waals surface area contributed by atoms with Crippen molar-refractivity contribution in [3.05, 3.63) is 23.4 Å². The van der Waals surface area contributed by atoms with Crippen LogP contribution in [0.15, 0.2) is 18.3 Å². The van der Waals surface area contributed by atoms with Crippen molar-refractivity contribution < 1.29 is 8.42 Å². The molecule has 1 fully saturated rings. The first kappa shape index (κ1) is 14.6. The minimum absolute atomic E-state index is 0.0457. The average Bonchev–Trinajstić information content (AvgIpc) is 2.29. The third kappa shape index (κ3) is 4.97. The van der Waals surface area contributed by atoms with Gasteiger partial charge in [0.05, 0.1) is 10.8 Å². The number of sulfonamides is 1. The second kappa shape index (κ2) is 6.54. The fraction of sp³-hybridized carbons (Fsp3) is 0.583. The maximum atomic E-state index is 11.7. The number of pyridine rings is 1. The van der Waals surface area contributed by atoms with Crippen LogP contribution in [-0.4, -0.2) is 32.2 Å². The van der Waals surface area contributed by atoms with E-state index in [0.717, 1.165) is 12.8 Å². The van der Waals surface area contributed by atoms with Gasteiger partial charge in [0.2, 0.25) is 10.0 Å². The van der Waals surface area contributed by atoms with E-state index in [-0.39, 0.29) is 5.75 Å². The summed E-state index contributed by atoms with van der Waals surface area (Å²) in [5.74, 6) is 1.20. The zero-order valence-corrected chi connectivity index (χ0v) is 12.2. The Balaban J connectivity index is 1.69. The quantitative estimate of drug-likeness (QED) is 0.806. The molecule has 0 atom stereocenters. The predicted molar refractivity (Wildman–Crippen MR) is 76.9 cm³/mol. The highest BCUT2D eigenvalue weighted by Gasteiger charge is 2.19. The number of hydrogen-bond acceptors (Lipinski definition) is 4. The molecule has 0 aromatic carbocycles. The summed E-state index contributed by atoms with van der Waals surface area (Å²) in [6.45, 7) is 0.899. The molecule has 19 heavy (non-hydrogen) atoms. The molecular weight excluding hydrogens is 286 g/mol. The Morgan fingerprint density at radius 3 is 2.74 bits per heavy atom. The monoisotopic (exact) mass is 303 g/mol. The molecule has 0 bridgehead atoms. The molecule has 1 aromatic heterocycles. The third-order valence-corrected chi connectivity index (χ3v) is 4.79. The van der Waals surface area contributed by atoms with Gasteiger partial charge in [0, 0.05) is 19.3 Å². The molecule has 5 nitrogen and oxygen atoms in total. The number of rotatable bonds is 7. The summed E-state index contributed by atoms with van der Waals surface area (Å²) in [5, 5.41) is 3.51. The first-order valence-corrected chi connectivity index (χ1v) is 8.41. The van der Waals surface area contributed by atoms with Crippen LogP contribution >= 0.6 is 11.6 Å². The molecule has 1 saturated carbocycles. The van der Waals surface area contributed by atoms with Gasteiger partial charge in [-0.3, -0.25) is 0 Å². The summed E-state index contributed by atoms with van der Waals surface area (Å²) in [6, 6.07) is 3.43. The Morgan fingerprint density at radius 1 is 1.37 bits per heavy atom. The molecule has 2 rings (SSSR count). The molecule has 1 aliphatic rings. The highest BCUT2D eigenvalue weighted by Crippen LogP contribution is 2.25. The van der Waals surface area contributed by atoms with Crippen LogP contribution < -0.4 is 10.0 Å². The van der Waals surface area contributed by atoms with Crippen LogP contribution in [0.3, 0.4) is 0 Å². The largest absolute Gasteiger partial charge is 0.369 e. The van der Waals surface area contributed by atoms with E-state index in [9.17, 15) is 8.42 Å². The number of halogens is 1. The van der Waals surface area contributed by atoms with Crippen LogP contribution in [0.25, 0.3) is 0 Å². The Labute approximate surface area is 118 Å². The molecule has 0 aliphatic heterocycles. The summed E-state index contributed by atoms with van der Waals surface area (Å²) in [6.07, 6.45) is 5.01. The molecule has 0 spiro atoms. The van der Waals surface area contributed by atoms with Gasteiger partial charge in [-0.25, -0.2) is 18.1 Å². The van der Waals surface area contributed by atoms with Gasteiger partial charge < -0.3 is 5.32 Å². The normalized spacial score (nSPS) is 16.1. The summed E-state index contributed by atoms with van der Waals surface area (Å²) < 4.78 is 26.1. The van der Waals surface area contributed by atoms with Crippen molar-refractivity contribution in [2.75, 3.05) is 24.2 Å². The van der Waals surface area contributed by atoms with E-state index < -0.39 is 10.0 Å². The highest BCUT2D eigenvalue weighted by molar-refractivity contribution is 7.89. The van der Waals surface area contributed by atoms with Crippen LogP contribution in [0.1, 0.15) is 19.3 Å². The van der Waals surface area contributed by atoms with Gasteiger partial charge in [-0.15, -0.1) is 0 Å². The van der Waals surface area contributed by atoms with Crippen LogP contribution in [0.4, 0.5) is 5.82 Å². The fourth-order valence-corrected chi connectivity index (χ4v) is 2.92. The van der Waals surface area contributed by atoms with E-state index in [1.54, 1.807) is 12.1 Å². The lowest BCUT2D eigenvalue weighted by Gasteiger charge is -2.25. The molecule has 2 N–H and O–H groups in total. The third-order valence-electron chi connectivity index (χ3n) is 3.22. The van der Waals surface area contributed by atoms with Crippen LogP contribution in [0, 0.1) is 5.92 Å². The van der Waals surface area contributed by atoms with E-state index in [1.807, 2.05) is 0 Å². The first-order chi connectivity index (χ1) is 9.05. The van der Waals surface area contributed by atoms with Crippen LogP contribution in [0.5, 0.6) is 0 Å². The first-order valence-electron chi connectivity index (χ1n) is 6.38. The van der Waals surface area contributed by atoms with Crippen molar-refractivity contribution in [1.29, 1.82) is 0 Å². The maximum Gasteiger partial charge on any atom is 0.213 e. The maximum absolute atomic E-state index is 11.7. The van der Waals surface area contributed by atoms with Crippen LogP contribution in [-0.2, 0) is 10.0 Å². The summed E-state index contributed by atoms with van der Waals surface area (Å²) in [7, 11) is -3.20. The Kier molecular flexibility index (Phi) is 5.01. The SMILES string of the molecule is O=S(=O)(CCNc1ccc(Cl)cn1)NCC1CCC1. The molecule has 0 unspecified atom stereocenters. The molecule has 0 saturated heterocycles. The number of hydrogen-bond donors (Lipinski definition) is 2. The molecule has 0 radical (unpaired) electrons. The minimum atomic E-state index is -3.20. The van der Waals surface area contributed by atoms with Gasteiger partial charge in [0.25, 0.3) is 0 Å². The lowest BCUT2D eigenvalue weighted by molar-refractivity contribution is 0.316. The lowest BCUT2D eigenvalue weighted by Crippen LogP contribution is -2.35. The van der Waals surface area contributed by atoms with Crippen molar-refractivity contribution in [2.24, 2.45) is 5.92 Å². The Hall–Kier alpha value is -0.850. The molecule has 0 amide bonds. The van der Waals surface area contributed by atoms with E-state index in [2.05, 4.69) is 15.0 Å². The Morgan fingerprint density at radius 2 is 2.16 bits per heavy atom. The minimum Gasteiger partial charge on any atom is -0.369 e.